The van der Waals surface area contributed by atoms with Crippen LogP contribution in [0, 0.1) is 15.5 Å². The average molecular weight is 717 g/mol. The molecule has 0 saturated heterocycles. The van der Waals surface area contributed by atoms with Crippen molar-refractivity contribution in [2.75, 3.05) is 40.3 Å². The van der Waals surface area contributed by atoms with E-state index in [9.17, 15) is 4.79 Å². The third-order valence-electron chi connectivity index (χ3n) is 4.69. The normalized spacial score (nSPS) is 9.30. The van der Waals surface area contributed by atoms with E-state index in [2.05, 4.69) is 4.74 Å². The number of nitrogens with one attached hydrogen (secondary N) is 1. The third-order valence-corrected chi connectivity index (χ3v) is 4.69. The molecule has 0 aliphatic rings. The van der Waals surface area contributed by atoms with Crippen LogP contribution in [0.3, 0.4) is 0 Å². The van der Waals surface area contributed by atoms with Gasteiger partial charge in [0.15, 0.2) is 0 Å². The molecular formula is C23H32ClN7O5Pt. The number of ether oxygens (including phenoxy) is 1. The first-order chi connectivity index (χ1) is 16.7. The zero-order valence-corrected chi connectivity index (χ0v) is 23.6. The van der Waals surface area contributed by atoms with Gasteiger partial charge in [-0.15, -0.1) is 22.3 Å². The maximum atomic E-state index is 11.2. The maximum absolute atomic E-state index is 11.2. The number of likely N-dealkylation sites (N-methyl/N-ethyl adjacent to an activating group) is 1. The minimum atomic E-state index is -1.50. The van der Waals surface area contributed by atoms with Crippen LogP contribution in [0.2, 0.25) is 0 Å². The number of nitrogens with zero attached hydrogens (tertiary/aromatic N) is 4. The summed E-state index contributed by atoms with van der Waals surface area (Å²) in [7, 11) is 3.20. The van der Waals surface area contributed by atoms with E-state index < -0.39 is 5.09 Å². The SMILES string of the molecule is COC(=O)CCC(=N)N(C)CC[N-]c1c2ccccc2nc2ccccc12.NCCN.O=[N+]([O-])O.[Cl-].[Pt+2]. The van der Waals surface area contributed by atoms with Crippen LogP contribution in [-0.2, 0) is 30.6 Å². The molecule has 6 N–H and O–H groups in total. The molecule has 0 spiro atoms. The number of para-hydroxylation sites is 2. The zero-order valence-electron chi connectivity index (χ0n) is 20.6. The van der Waals surface area contributed by atoms with E-state index in [1.54, 1.807) is 0 Å². The van der Waals surface area contributed by atoms with Crippen LogP contribution in [-0.4, -0.2) is 72.3 Å². The van der Waals surface area contributed by atoms with E-state index in [-0.39, 0.29) is 45.9 Å². The molecule has 0 radical (unpaired) electrons. The number of rotatable bonds is 8. The van der Waals surface area contributed by atoms with Gasteiger partial charge in [-0.2, -0.15) is 0 Å². The number of hydrogen-bond donors (Lipinski definition) is 4. The second kappa shape index (κ2) is 20.1. The molecule has 0 atom stereocenters. The van der Waals surface area contributed by atoms with E-state index >= 15 is 0 Å². The topological polar surface area (TPSA) is 196 Å². The summed E-state index contributed by atoms with van der Waals surface area (Å²) in [6.07, 6.45) is 0.584. The first-order valence-electron chi connectivity index (χ1n) is 10.8. The van der Waals surface area contributed by atoms with Crippen molar-refractivity contribution < 1.29 is 53.3 Å². The number of hydrogen-bond acceptors (Lipinski definition) is 8. The standard InChI is InChI=1S/C21H23N4O2.C2H8N2.ClH.HNO3.Pt/c1-25(19(22)11-12-20(26)27-2)14-13-23-21-15-7-3-5-9-17(15)24-18-10-6-4-8-16(18)21;3-1-2-4;;2-1(3)4;/h3-10,22H,11-14H2,1-2H3;1-4H2;1H;(H,2,3,4);/q-1;;;;+2/p-1. The molecule has 12 nitrogen and oxygen atoms in total. The Bertz CT molecular complexity index is 1060. The Balaban J connectivity index is 0. The summed E-state index contributed by atoms with van der Waals surface area (Å²) in [4.78, 5) is 26.1. The van der Waals surface area contributed by atoms with E-state index in [1.807, 2.05) is 60.5 Å². The van der Waals surface area contributed by atoms with Crippen LogP contribution in [0.15, 0.2) is 48.5 Å². The summed E-state index contributed by atoms with van der Waals surface area (Å²) in [6, 6.07) is 16.0. The summed E-state index contributed by atoms with van der Waals surface area (Å²) < 4.78 is 4.62. The van der Waals surface area contributed by atoms with E-state index in [0.717, 1.165) is 27.5 Å². The van der Waals surface area contributed by atoms with Gasteiger partial charge in [0, 0.05) is 33.1 Å². The molecule has 0 amide bonds. The summed E-state index contributed by atoms with van der Waals surface area (Å²) in [5.74, 6) is 0.104. The van der Waals surface area contributed by atoms with Crippen LogP contribution in [0.25, 0.3) is 27.1 Å². The molecule has 0 aliphatic carbocycles. The quantitative estimate of drug-likeness (QED) is 0.0611. The predicted octanol–water partition coefficient (Wildman–Crippen LogP) is -0.187. The van der Waals surface area contributed by atoms with Gasteiger partial charge in [0.25, 0.3) is 5.09 Å². The van der Waals surface area contributed by atoms with Gasteiger partial charge in [-0.05, 0) is 22.9 Å². The monoisotopic (exact) mass is 716 g/mol. The van der Waals surface area contributed by atoms with Crippen molar-refractivity contribution in [3.05, 3.63) is 64.0 Å². The van der Waals surface area contributed by atoms with Crippen molar-refractivity contribution in [2.24, 2.45) is 11.5 Å². The molecule has 1 heterocycles. The van der Waals surface area contributed by atoms with Gasteiger partial charge >= 0.3 is 27.0 Å². The Labute approximate surface area is 236 Å². The number of fused-ring (bicyclic) bond motifs is 2. The largest absolute Gasteiger partial charge is 2.00 e. The minimum Gasteiger partial charge on any atom is -1.00 e. The van der Waals surface area contributed by atoms with E-state index in [0.29, 0.717) is 38.4 Å². The molecule has 206 valence electrons. The average Bonchev–Trinajstić information content (AvgIpc) is 2.86. The molecule has 14 heteroatoms. The van der Waals surface area contributed by atoms with Crippen molar-refractivity contribution in [3.63, 3.8) is 0 Å². The smallest absolute Gasteiger partial charge is 1.00 e. The Kier molecular flexibility index (Phi) is 19.6. The number of benzene rings is 2. The van der Waals surface area contributed by atoms with Crippen LogP contribution in [0.5, 0.6) is 0 Å². The molecule has 1 aromatic heterocycles. The number of methoxy groups -OCH3 is 1. The number of amidine groups is 1. The van der Waals surface area contributed by atoms with Crippen LogP contribution in [0.1, 0.15) is 12.8 Å². The summed E-state index contributed by atoms with van der Waals surface area (Å²) in [5, 5.41) is 28.6. The van der Waals surface area contributed by atoms with Crippen molar-refractivity contribution in [1.29, 1.82) is 5.41 Å². The number of pyridine rings is 1. The third kappa shape index (κ3) is 13.2. The molecular weight excluding hydrogens is 685 g/mol. The first kappa shape index (κ1) is 36.1. The Morgan fingerprint density at radius 1 is 1.11 bits per heavy atom. The fourth-order valence-electron chi connectivity index (χ4n) is 2.95. The number of carbonyl (C=O) groups is 1. The number of aromatic nitrogens is 1. The second-order valence-electron chi connectivity index (χ2n) is 7.14. The molecule has 3 rings (SSSR count). The van der Waals surface area contributed by atoms with E-state index in [4.69, 9.17) is 42.5 Å². The summed E-state index contributed by atoms with van der Waals surface area (Å²) >= 11 is 0. The molecule has 0 unspecified atom stereocenters. The molecule has 0 aliphatic heterocycles. The first-order valence-corrected chi connectivity index (χ1v) is 10.8. The molecule has 0 saturated carbocycles. The van der Waals surface area contributed by atoms with Crippen molar-refractivity contribution in [1.82, 2.24) is 9.88 Å². The number of nitrogens with two attached hydrogens (primary N) is 2. The molecule has 2 aromatic carbocycles. The van der Waals surface area contributed by atoms with Gasteiger partial charge in [-0.1, -0.05) is 36.4 Å². The van der Waals surface area contributed by atoms with Crippen molar-refractivity contribution >= 4 is 39.3 Å². The van der Waals surface area contributed by atoms with Crippen LogP contribution >= 0.6 is 0 Å². The fourth-order valence-corrected chi connectivity index (χ4v) is 2.95. The fraction of sp³-hybridized carbons (Fsp3) is 0.348. The van der Waals surface area contributed by atoms with Gasteiger partial charge in [0.1, 0.15) is 0 Å². The number of halogens is 1. The molecule has 0 bridgehead atoms. The molecule has 0 fully saturated rings. The second-order valence-corrected chi connectivity index (χ2v) is 7.14. The van der Waals surface area contributed by atoms with Gasteiger partial charge in [-0.3, -0.25) is 10.2 Å². The number of carbonyl (C=O) groups excluding carboxylic acids is 1. The summed E-state index contributed by atoms with van der Waals surface area (Å²) in [5.41, 5.74) is 12.6. The molecule has 37 heavy (non-hydrogen) atoms. The predicted molar refractivity (Wildman–Crippen MR) is 136 cm³/mol. The van der Waals surface area contributed by atoms with Gasteiger partial charge in [-0.25, -0.2) is 4.98 Å². The Morgan fingerprint density at radius 3 is 2.00 bits per heavy atom. The van der Waals surface area contributed by atoms with Gasteiger partial charge < -0.3 is 44.0 Å². The zero-order chi connectivity index (χ0) is 26.2. The van der Waals surface area contributed by atoms with Crippen LogP contribution < -0.4 is 23.9 Å². The maximum Gasteiger partial charge on any atom is 2.00 e. The molecule has 3 aromatic rings. The van der Waals surface area contributed by atoms with Crippen LogP contribution in [0.4, 0.5) is 5.69 Å². The van der Waals surface area contributed by atoms with Crippen molar-refractivity contribution in [2.45, 2.75) is 12.8 Å². The number of esters is 1. The summed E-state index contributed by atoms with van der Waals surface area (Å²) in [6.45, 7) is 2.35. The minimum absolute atomic E-state index is 0. The Hall–Kier alpha value is -3.05. The van der Waals surface area contributed by atoms with Gasteiger partial charge in [0.2, 0.25) is 0 Å². The Morgan fingerprint density at radius 2 is 1.57 bits per heavy atom. The van der Waals surface area contributed by atoms with E-state index in [1.165, 1.54) is 7.11 Å². The van der Waals surface area contributed by atoms with Crippen molar-refractivity contribution in [3.8, 4) is 0 Å². The van der Waals surface area contributed by atoms with Gasteiger partial charge in [0.05, 0.1) is 30.4 Å².